The summed E-state index contributed by atoms with van der Waals surface area (Å²) in [5.74, 6) is 0.140. The number of likely N-dealkylation sites (tertiary alicyclic amines) is 1. The average Bonchev–Trinajstić information content (AvgIpc) is 2.18. The van der Waals surface area contributed by atoms with Crippen molar-refractivity contribution in [2.45, 2.75) is 31.8 Å². The predicted molar refractivity (Wildman–Crippen MR) is 52.9 cm³/mol. The number of carbonyl (C=O) groups is 1. The number of hydrogen-bond donors (Lipinski definition) is 1. The van der Waals surface area contributed by atoms with Gasteiger partial charge in [0, 0.05) is 33.2 Å². The summed E-state index contributed by atoms with van der Waals surface area (Å²) in [5.41, 5.74) is 0. The highest BCUT2D eigenvalue weighted by Gasteiger charge is 2.21. The molecular formula is C10H19NO3. The van der Waals surface area contributed by atoms with E-state index in [1.54, 1.807) is 12.0 Å². The number of β-amino-alcohol motifs (C(OH)–C–C–N with tert-alkyl or cyclic N) is 1. The second-order valence-electron chi connectivity index (χ2n) is 3.73. The molecule has 0 saturated carbocycles. The van der Waals surface area contributed by atoms with Gasteiger partial charge in [0.25, 0.3) is 0 Å². The number of hydrogen-bond acceptors (Lipinski definition) is 3. The van der Waals surface area contributed by atoms with E-state index in [9.17, 15) is 9.90 Å². The Kier molecular flexibility index (Phi) is 4.90. The van der Waals surface area contributed by atoms with E-state index < -0.39 is 0 Å². The molecule has 1 N–H and O–H groups in total. The van der Waals surface area contributed by atoms with Crippen molar-refractivity contribution in [2.24, 2.45) is 0 Å². The van der Waals surface area contributed by atoms with Gasteiger partial charge in [0.1, 0.15) is 0 Å². The van der Waals surface area contributed by atoms with Gasteiger partial charge in [-0.25, -0.2) is 0 Å². The number of rotatable bonds is 4. The summed E-state index contributed by atoms with van der Waals surface area (Å²) in [5, 5.41) is 9.38. The van der Waals surface area contributed by atoms with Gasteiger partial charge in [0.05, 0.1) is 6.10 Å². The second kappa shape index (κ2) is 5.98. The Hall–Kier alpha value is -0.610. The van der Waals surface area contributed by atoms with E-state index >= 15 is 0 Å². The van der Waals surface area contributed by atoms with Crippen LogP contribution in [0.15, 0.2) is 0 Å². The summed E-state index contributed by atoms with van der Waals surface area (Å²) >= 11 is 0. The van der Waals surface area contributed by atoms with Crippen LogP contribution < -0.4 is 0 Å². The van der Waals surface area contributed by atoms with Crippen molar-refractivity contribution in [1.29, 1.82) is 0 Å². The lowest BCUT2D eigenvalue weighted by molar-refractivity contribution is -0.134. The molecule has 0 aliphatic carbocycles. The first-order chi connectivity index (χ1) is 6.74. The van der Waals surface area contributed by atoms with Gasteiger partial charge in [-0.3, -0.25) is 4.79 Å². The fraction of sp³-hybridized carbons (Fsp3) is 0.900. The number of carbonyl (C=O) groups excluding carboxylic acids is 1. The van der Waals surface area contributed by atoms with Crippen molar-refractivity contribution >= 4 is 5.91 Å². The SMILES string of the molecule is COCCCC(=O)N1CCCC(O)C1. The van der Waals surface area contributed by atoms with Crippen molar-refractivity contribution in [3.63, 3.8) is 0 Å². The van der Waals surface area contributed by atoms with Crippen molar-refractivity contribution < 1.29 is 14.6 Å². The molecule has 1 aliphatic rings. The van der Waals surface area contributed by atoms with Crippen LogP contribution in [0, 0.1) is 0 Å². The van der Waals surface area contributed by atoms with Crippen LogP contribution >= 0.6 is 0 Å². The summed E-state index contributed by atoms with van der Waals surface area (Å²) in [7, 11) is 1.63. The number of ether oxygens (including phenoxy) is 1. The molecule has 0 aromatic rings. The molecule has 1 atom stereocenters. The maximum atomic E-state index is 11.6. The molecule has 1 saturated heterocycles. The number of piperidine rings is 1. The predicted octanol–water partition coefficient (Wildman–Crippen LogP) is 0.396. The molecular weight excluding hydrogens is 182 g/mol. The number of aliphatic hydroxyl groups excluding tert-OH is 1. The molecule has 1 aliphatic heterocycles. The van der Waals surface area contributed by atoms with Gasteiger partial charge in [-0.2, -0.15) is 0 Å². The Balaban J connectivity index is 2.22. The smallest absolute Gasteiger partial charge is 0.222 e. The lowest BCUT2D eigenvalue weighted by Crippen LogP contribution is -2.42. The van der Waals surface area contributed by atoms with E-state index in [4.69, 9.17) is 4.74 Å². The molecule has 1 heterocycles. The molecule has 4 nitrogen and oxygen atoms in total. The molecule has 1 fully saturated rings. The Bertz CT molecular complexity index is 184. The minimum atomic E-state index is -0.324. The van der Waals surface area contributed by atoms with E-state index in [1.807, 2.05) is 0 Å². The molecule has 0 spiro atoms. The highest BCUT2D eigenvalue weighted by molar-refractivity contribution is 5.76. The minimum Gasteiger partial charge on any atom is -0.391 e. The van der Waals surface area contributed by atoms with Crippen LogP contribution in [0.3, 0.4) is 0 Å². The number of amides is 1. The number of aliphatic hydroxyl groups is 1. The summed E-state index contributed by atoms with van der Waals surface area (Å²) in [6, 6.07) is 0. The van der Waals surface area contributed by atoms with Crippen molar-refractivity contribution in [2.75, 3.05) is 26.8 Å². The van der Waals surface area contributed by atoms with Crippen molar-refractivity contribution in [3.8, 4) is 0 Å². The quantitative estimate of drug-likeness (QED) is 0.670. The van der Waals surface area contributed by atoms with E-state index in [0.29, 0.717) is 19.6 Å². The molecule has 0 aromatic carbocycles. The third-order valence-electron chi connectivity index (χ3n) is 2.49. The summed E-state index contributed by atoms with van der Waals surface area (Å²) in [4.78, 5) is 13.3. The van der Waals surface area contributed by atoms with Crippen LogP contribution in [0.4, 0.5) is 0 Å². The van der Waals surface area contributed by atoms with Gasteiger partial charge in [0.2, 0.25) is 5.91 Å². The minimum absolute atomic E-state index is 0.140. The fourth-order valence-electron chi connectivity index (χ4n) is 1.71. The summed E-state index contributed by atoms with van der Waals surface area (Å²) in [6.07, 6.45) is 2.71. The molecule has 14 heavy (non-hydrogen) atoms. The highest BCUT2D eigenvalue weighted by Crippen LogP contribution is 2.11. The van der Waals surface area contributed by atoms with Crippen LogP contribution in [0.1, 0.15) is 25.7 Å². The summed E-state index contributed by atoms with van der Waals surface area (Å²) < 4.78 is 4.88. The molecule has 1 unspecified atom stereocenters. The lowest BCUT2D eigenvalue weighted by Gasteiger charge is -2.30. The van der Waals surface area contributed by atoms with Crippen molar-refractivity contribution in [1.82, 2.24) is 4.90 Å². The first-order valence-corrected chi connectivity index (χ1v) is 5.19. The molecule has 82 valence electrons. The van der Waals surface area contributed by atoms with Gasteiger partial charge in [0.15, 0.2) is 0 Å². The lowest BCUT2D eigenvalue weighted by atomic mass is 10.1. The largest absolute Gasteiger partial charge is 0.391 e. The van der Waals surface area contributed by atoms with E-state index in [0.717, 1.165) is 25.8 Å². The monoisotopic (exact) mass is 201 g/mol. The first kappa shape index (κ1) is 11.5. The molecule has 0 aromatic heterocycles. The van der Waals surface area contributed by atoms with E-state index in [1.165, 1.54) is 0 Å². The second-order valence-corrected chi connectivity index (χ2v) is 3.73. The molecule has 1 rings (SSSR count). The Labute approximate surface area is 84.8 Å². The standard InChI is InChI=1S/C10H19NO3/c1-14-7-3-5-10(13)11-6-2-4-9(12)8-11/h9,12H,2-8H2,1H3. The van der Waals surface area contributed by atoms with Crippen LogP contribution in [0.25, 0.3) is 0 Å². The topological polar surface area (TPSA) is 49.8 Å². The number of nitrogens with zero attached hydrogens (tertiary/aromatic N) is 1. The Morgan fingerprint density at radius 2 is 2.43 bits per heavy atom. The zero-order valence-electron chi connectivity index (χ0n) is 8.74. The van der Waals surface area contributed by atoms with Gasteiger partial charge in [-0.1, -0.05) is 0 Å². The molecule has 0 radical (unpaired) electrons. The number of methoxy groups -OCH3 is 1. The zero-order valence-corrected chi connectivity index (χ0v) is 8.74. The van der Waals surface area contributed by atoms with Crippen LogP contribution in [0.5, 0.6) is 0 Å². The zero-order chi connectivity index (χ0) is 10.4. The highest BCUT2D eigenvalue weighted by atomic mass is 16.5. The van der Waals surface area contributed by atoms with E-state index in [2.05, 4.69) is 0 Å². The van der Waals surface area contributed by atoms with E-state index in [-0.39, 0.29) is 12.0 Å². The Morgan fingerprint density at radius 3 is 3.07 bits per heavy atom. The van der Waals surface area contributed by atoms with Gasteiger partial charge in [-0.15, -0.1) is 0 Å². The Morgan fingerprint density at radius 1 is 1.64 bits per heavy atom. The first-order valence-electron chi connectivity index (χ1n) is 5.19. The molecule has 4 heteroatoms. The van der Waals surface area contributed by atoms with Gasteiger partial charge in [-0.05, 0) is 19.3 Å². The normalized spacial score (nSPS) is 22.4. The van der Waals surface area contributed by atoms with Gasteiger partial charge >= 0.3 is 0 Å². The molecule has 0 bridgehead atoms. The third kappa shape index (κ3) is 3.64. The summed E-state index contributed by atoms with van der Waals surface area (Å²) in [6.45, 7) is 1.93. The maximum Gasteiger partial charge on any atom is 0.222 e. The van der Waals surface area contributed by atoms with Crippen LogP contribution in [0.2, 0.25) is 0 Å². The molecule has 1 amide bonds. The fourth-order valence-corrected chi connectivity index (χ4v) is 1.71. The maximum absolute atomic E-state index is 11.6. The van der Waals surface area contributed by atoms with Crippen LogP contribution in [-0.4, -0.2) is 48.8 Å². The van der Waals surface area contributed by atoms with Gasteiger partial charge < -0.3 is 14.7 Å². The third-order valence-corrected chi connectivity index (χ3v) is 2.49. The average molecular weight is 201 g/mol. The van der Waals surface area contributed by atoms with Crippen LogP contribution in [-0.2, 0) is 9.53 Å². The van der Waals surface area contributed by atoms with Crippen molar-refractivity contribution in [3.05, 3.63) is 0 Å².